The van der Waals surface area contributed by atoms with Gasteiger partial charge in [0.05, 0.1) is 7.11 Å². The molecule has 1 rings (SSSR count). The van der Waals surface area contributed by atoms with Crippen molar-refractivity contribution >= 4 is 21.9 Å². The molecule has 0 fully saturated rings. The average molecular weight is 259 g/mol. The van der Waals surface area contributed by atoms with Crippen LogP contribution in [0, 0.1) is 6.92 Å². The van der Waals surface area contributed by atoms with Gasteiger partial charge in [0.25, 0.3) is 0 Å². The van der Waals surface area contributed by atoms with Gasteiger partial charge in [0.15, 0.2) is 6.61 Å². The highest BCUT2D eigenvalue weighted by molar-refractivity contribution is 9.10. The molecule has 0 aliphatic carbocycles. The second kappa shape index (κ2) is 5.00. The molecular formula is C10H11BrO3. The summed E-state index contributed by atoms with van der Waals surface area (Å²) in [5.41, 5.74) is 1.06. The van der Waals surface area contributed by atoms with Crippen LogP contribution in [0.15, 0.2) is 22.7 Å². The number of carbonyl (C=O) groups is 1. The lowest BCUT2D eigenvalue weighted by atomic mass is 10.2. The van der Waals surface area contributed by atoms with Crippen LogP contribution in [0.25, 0.3) is 0 Å². The molecule has 0 amide bonds. The Morgan fingerprint density at radius 2 is 2.21 bits per heavy atom. The maximum atomic E-state index is 10.8. The molecule has 3 nitrogen and oxygen atoms in total. The maximum Gasteiger partial charge on any atom is 0.343 e. The Kier molecular flexibility index (Phi) is 3.95. The van der Waals surface area contributed by atoms with Crippen molar-refractivity contribution in [1.82, 2.24) is 0 Å². The summed E-state index contributed by atoms with van der Waals surface area (Å²) in [6, 6.07) is 5.52. The van der Waals surface area contributed by atoms with E-state index < -0.39 is 0 Å². The molecule has 4 heteroatoms. The van der Waals surface area contributed by atoms with Crippen LogP contribution < -0.4 is 4.74 Å². The highest BCUT2D eigenvalue weighted by Gasteiger charge is 2.02. The maximum absolute atomic E-state index is 10.8. The van der Waals surface area contributed by atoms with Gasteiger partial charge in [0, 0.05) is 4.47 Å². The second-order valence-corrected chi connectivity index (χ2v) is 3.63. The third-order valence-corrected chi connectivity index (χ3v) is 2.60. The first kappa shape index (κ1) is 11.0. The van der Waals surface area contributed by atoms with Crippen LogP contribution in [0.2, 0.25) is 0 Å². The van der Waals surface area contributed by atoms with Crippen molar-refractivity contribution < 1.29 is 14.3 Å². The molecule has 0 heterocycles. The third kappa shape index (κ3) is 3.03. The Bertz CT molecular complexity index is 336. The molecule has 0 bridgehead atoms. The molecule has 0 radical (unpaired) electrons. The molecule has 0 saturated carbocycles. The molecular weight excluding hydrogens is 248 g/mol. The molecule has 0 N–H and O–H groups in total. The summed E-state index contributed by atoms with van der Waals surface area (Å²) in [5.74, 6) is 0.279. The molecule has 0 saturated heterocycles. The minimum absolute atomic E-state index is 0.0580. The predicted octanol–water partition coefficient (Wildman–Crippen LogP) is 2.31. The standard InChI is InChI=1S/C10H11BrO3/c1-7-5-8(3-4-9(7)11)14-6-10(12)13-2/h3-5H,6H2,1-2H3. The molecule has 14 heavy (non-hydrogen) atoms. The minimum Gasteiger partial charge on any atom is -0.482 e. The van der Waals surface area contributed by atoms with E-state index in [0.29, 0.717) is 5.75 Å². The van der Waals surface area contributed by atoms with E-state index in [2.05, 4.69) is 20.7 Å². The summed E-state index contributed by atoms with van der Waals surface area (Å²) in [6.45, 7) is 1.90. The molecule has 76 valence electrons. The first-order valence-electron chi connectivity index (χ1n) is 4.09. The van der Waals surface area contributed by atoms with Gasteiger partial charge in [-0.2, -0.15) is 0 Å². The van der Waals surface area contributed by atoms with E-state index in [-0.39, 0.29) is 12.6 Å². The van der Waals surface area contributed by atoms with Crippen LogP contribution in [0.5, 0.6) is 5.75 Å². The summed E-state index contributed by atoms with van der Waals surface area (Å²) in [5, 5.41) is 0. The van der Waals surface area contributed by atoms with Crippen LogP contribution in [-0.2, 0) is 9.53 Å². The first-order chi connectivity index (χ1) is 6.63. The fourth-order valence-corrected chi connectivity index (χ4v) is 1.15. The van der Waals surface area contributed by atoms with E-state index >= 15 is 0 Å². The van der Waals surface area contributed by atoms with Gasteiger partial charge >= 0.3 is 5.97 Å². The number of benzene rings is 1. The van der Waals surface area contributed by atoms with E-state index in [1.165, 1.54) is 7.11 Å². The molecule has 1 aromatic rings. The SMILES string of the molecule is COC(=O)COc1ccc(Br)c(C)c1. The number of rotatable bonds is 3. The van der Waals surface area contributed by atoms with Gasteiger partial charge in [-0.15, -0.1) is 0 Å². The summed E-state index contributed by atoms with van der Waals surface area (Å²) < 4.78 is 10.7. The lowest BCUT2D eigenvalue weighted by Gasteiger charge is -2.06. The summed E-state index contributed by atoms with van der Waals surface area (Å²) in [7, 11) is 1.33. The van der Waals surface area contributed by atoms with Gasteiger partial charge in [-0.1, -0.05) is 15.9 Å². The molecule has 0 unspecified atom stereocenters. The van der Waals surface area contributed by atoms with Crippen molar-refractivity contribution in [2.24, 2.45) is 0 Å². The van der Waals surface area contributed by atoms with Crippen molar-refractivity contribution in [1.29, 1.82) is 0 Å². The van der Waals surface area contributed by atoms with E-state index in [4.69, 9.17) is 4.74 Å². The molecule has 1 aromatic carbocycles. The fraction of sp³-hybridized carbons (Fsp3) is 0.300. The number of ether oxygens (including phenoxy) is 2. The Hall–Kier alpha value is -1.03. The summed E-state index contributed by atoms with van der Waals surface area (Å²) in [4.78, 5) is 10.8. The lowest BCUT2D eigenvalue weighted by Crippen LogP contribution is -2.12. The summed E-state index contributed by atoms with van der Waals surface area (Å²) in [6.07, 6.45) is 0. The van der Waals surface area contributed by atoms with Crippen LogP contribution in [-0.4, -0.2) is 19.7 Å². The normalized spacial score (nSPS) is 9.64. The van der Waals surface area contributed by atoms with Gasteiger partial charge < -0.3 is 9.47 Å². The quantitative estimate of drug-likeness (QED) is 0.781. The van der Waals surface area contributed by atoms with Crippen molar-refractivity contribution in [2.45, 2.75) is 6.92 Å². The van der Waals surface area contributed by atoms with Crippen molar-refractivity contribution in [2.75, 3.05) is 13.7 Å². The van der Waals surface area contributed by atoms with E-state index in [1.807, 2.05) is 19.1 Å². The zero-order valence-corrected chi connectivity index (χ0v) is 9.63. The zero-order chi connectivity index (χ0) is 10.6. The number of carbonyl (C=O) groups excluding carboxylic acids is 1. The predicted molar refractivity (Wildman–Crippen MR) is 56.4 cm³/mol. The Morgan fingerprint density at radius 3 is 2.79 bits per heavy atom. The van der Waals surface area contributed by atoms with Gasteiger partial charge in [-0.25, -0.2) is 4.79 Å². The number of halogens is 1. The molecule has 0 atom stereocenters. The van der Waals surface area contributed by atoms with E-state index in [0.717, 1.165) is 10.0 Å². The Balaban J connectivity index is 2.60. The summed E-state index contributed by atoms with van der Waals surface area (Å²) >= 11 is 3.38. The van der Waals surface area contributed by atoms with Crippen molar-refractivity contribution in [3.63, 3.8) is 0 Å². The molecule has 0 spiro atoms. The average Bonchev–Trinajstić information content (AvgIpc) is 2.19. The topological polar surface area (TPSA) is 35.5 Å². The number of esters is 1. The Labute approximate surface area is 91.1 Å². The lowest BCUT2D eigenvalue weighted by molar-refractivity contribution is -0.142. The van der Waals surface area contributed by atoms with E-state index in [9.17, 15) is 4.79 Å². The highest BCUT2D eigenvalue weighted by Crippen LogP contribution is 2.21. The zero-order valence-electron chi connectivity index (χ0n) is 8.04. The second-order valence-electron chi connectivity index (χ2n) is 2.78. The van der Waals surface area contributed by atoms with Gasteiger partial charge in [-0.3, -0.25) is 0 Å². The van der Waals surface area contributed by atoms with E-state index in [1.54, 1.807) is 6.07 Å². The monoisotopic (exact) mass is 258 g/mol. The van der Waals surface area contributed by atoms with Crippen LogP contribution in [0.1, 0.15) is 5.56 Å². The van der Waals surface area contributed by atoms with Crippen LogP contribution in [0.3, 0.4) is 0 Å². The largest absolute Gasteiger partial charge is 0.482 e. The minimum atomic E-state index is -0.384. The van der Waals surface area contributed by atoms with Crippen molar-refractivity contribution in [3.8, 4) is 5.75 Å². The number of aryl methyl sites for hydroxylation is 1. The van der Waals surface area contributed by atoms with Gasteiger partial charge in [0.1, 0.15) is 5.75 Å². The highest BCUT2D eigenvalue weighted by atomic mass is 79.9. The fourth-order valence-electron chi connectivity index (χ4n) is 0.908. The first-order valence-corrected chi connectivity index (χ1v) is 4.88. The third-order valence-electron chi connectivity index (χ3n) is 1.71. The molecule has 0 aliphatic rings. The smallest absolute Gasteiger partial charge is 0.343 e. The molecule has 0 aliphatic heterocycles. The van der Waals surface area contributed by atoms with Crippen LogP contribution >= 0.6 is 15.9 Å². The Morgan fingerprint density at radius 1 is 1.50 bits per heavy atom. The number of methoxy groups -OCH3 is 1. The van der Waals surface area contributed by atoms with Crippen LogP contribution in [0.4, 0.5) is 0 Å². The number of hydrogen-bond acceptors (Lipinski definition) is 3. The molecule has 0 aromatic heterocycles. The van der Waals surface area contributed by atoms with Gasteiger partial charge in [-0.05, 0) is 30.7 Å². The number of hydrogen-bond donors (Lipinski definition) is 0. The van der Waals surface area contributed by atoms with Crippen molar-refractivity contribution in [3.05, 3.63) is 28.2 Å². The van der Waals surface area contributed by atoms with Gasteiger partial charge in [0.2, 0.25) is 0 Å².